The molecule has 0 amide bonds. The van der Waals surface area contributed by atoms with Gasteiger partial charge in [-0.25, -0.2) is 0 Å². The summed E-state index contributed by atoms with van der Waals surface area (Å²) < 4.78 is 12.6. The third-order valence-corrected chi connectivity index (χ3v) is 9.50. The molecule has 0 fully saturated rings. The number of rotatable bonds is 4. The largest absolute Gasteiger partial charge is 0.459 e. The van der Waals surface area contributed by atoms with Gasteiger partial charge in [0, 0.05) is 27.7 Å². The lowest BCUT2D eigenvalue weighted by atomic mass is 9.93. The predicted octanol–water partition coefficient (Wildman–Crippen LogP) is 11.8. The van der Waals surface area contributed by atoms with Crippen LogP contribution in [0.2, 0.25) is 0 Å². The van der Waals surface area contributed by atoms with Gasteiger partial charge >= 0.3 is 0 Å². The Morgan fingerprint density at radius 1 is 0.532 bits per heavy atom. The van der Waals surface area contributed by atoms with Gasteiger partial charge in [-0.15, -0.1) is 0 Å². The van der Waals surface area contributed by atoms with Gasteiger partial charge in [0.15, 0.2) is 0 Å². The molecule has 1 N–H and O–H groups in total. The van der Waals surface area contributed by atoms with Crippen LogP contribution in [0.5, 0.6) is 0 Å². The highest BCUT2D eigenvalue weighted by Gasteiger charge is 2.22. The van der Waals surface area contributed by atoms with E-state index in [1.54, 1.807) is 0 Å². The average Bonchev–Trinajstić information content (AvgIpc) is 3.70. The Morgan fingerprint density at radius 2 is 1.26 bits per heavy atom. The Morgan fingerprint density at radius 3 is 2.15 bits per heavy atom. The maximum absolute atomic E-state index is 6.34. The second-order valence-electron chi connectivity index (χ2n) is 12.2. The Hall–Kier alpha value is -6.26. The molecule has 1 aliphatic rings. The van der Waals surface area contributed by atoms with Gasteiger partial charge in [-0.05, 0) is 99.5 Å². The minimum atomic E-state index is 0.685. The Labute approximate surface area is 270 Å². The first kappa shape index (κ1) is 26.0. The predicted molar refractivity (Wildman–Crippen MR) is 194 cm³/mol. The van der Waals surface area contributed by atoms with Crippen LogP contribution in [-0.2, 0) is 6.54 Å². The average molecular weight is 605 g/mol. The van der Waals surface area contributed by atoms with Crippen LogP contribution < -0.4 is 10.2 Å². The van der Waals surface area contributed by atoms with Crippen molar-refractivity contribution in [2.75, 3.05) is 4.90 Å². The van der Waals surface area contributed by atoms with E-state index in [-0.39, 0.29) is 0 Å². The third kappa shape index (κ3) is 4.01. The maximum atomic E-state index is 6.34. The molecule has 0 unspecified atom stereocenters. The van der Waals surface area contributed by atoms with E-state index in [9.17, 15) is 0 Å². The topological polar surface area (TPSA) is 41.6 Å². The summed E-state index contributed by atoms with van der Waals surface area (Å²) in [6.45, 7) is 0.685. The molecule has 0 aliphatic carbocycles. The van der Waals surface area contributed by atoms with E-state index in [1.165, 1.54) is 32.7 Å². The first-order valence-electron chi connectivity index (χ1n) is 16.0. The SMILES string of the molecule is C1=Cc2c(oc3ccc(N(c4ccc(-c5cc6ccccc6c6ccccc56)cc4)c4cccc5oc6ccccc6c45)cc23)CN1. The summed E-state index contributed by atoms with van der Waals surface area (Å²) >= 11 is 0. The molecule has 7 aromatic carbocycles. The summed E-state index contributed by atoms with van der Waals surface area (Å²) in [7, 11) is 0. The van der Waals surface area contributed by atoms with Crippen LogP contribution in [-0.4, -0.2) is 0 Å². The zero-order valence-corrected chi connectivity index (χ0v) is 25.4. The van der Waals surface area contributed by atoms with Crippen molar-refractivity contribution in [2.45, 2.75) is 6.54 Å². The number of nitrogens with one attached hydrogen (secondary N) is 1. The van der Waals surface area contributed by atoms with E-state index in [0.29, 0.717) is 6.54 Å². The normalized spacial score (nSPS) is 12.7. The molecule has 1 aliphatic heterocycles. The molecule has 0 bridgehead atoms. The quantitative estimate of drug-likeness (QED) is 0.203. The molecule has 0 saturated heterocycles. The number of benzene rings is 7. The van der Waals surface area contributed by atoms with E-state index in [4.69, 9.17) is 8.83 Å². The van der Waals surface area contributed by atoms with Gasteiger partial charge in [-0.1, -0.05) is 84.9 Å². The van der Waals surface area contributed by atoms with Crippen molar-refractivity contribution in [1.82, 2.24) is 5.32 Å². The van der Waals surface area contributed by atoms with Gasteiger partial charge in [0.05, 0.1) is 17.6 Å². The molecular weight excluding hydrogens is 576 g/mol. The van der Waals surface area contributed by atoms with Crippen LogP contribution in [0.1, 0.15) is 11.3 Å². The first-order chi connectivity index (χ1) is 23.3. The van der Waals surface area contributed by atoms with Gasteiger partial charge in [-0.3, -0.25) is 0 Å². The van der Waals surface area contributed by atoms with Crippen LogP contribution in [0.25, 0.3) is 71.7 Å². The zero-order chi connectivity index (χ0) is 30.9. The molecule has 4 nitrogen and oxygen atoms in total. The summed E-state index contributed by atoms with van der Waals surface area (Å²) in [5, 5.41) is 11.6. The molecule has 0 radical (unpaired) electrons. The minimum absolute atomic E-state index is 0.685. The van der Waals surface area contributed by atoms with E-state index in [2.05, 4.69) is 144 Å². The van der Waals surface area contributed by atoms with E-state index in [0.717, 1.165) is 61.3 Å². The molecule has 2 aromatic heterocycles. The summed E-state index contributed by atoms with van der Waals surface area (Å²) in [6.07, 6.45) is 4.10. The molecule has 3 heterocycles. The van der Waals surface area contributed by atoms with E-state index >= 15 is 0 Å². The smallest absolute Gasteiger partial charge is 0.137 e. The summed E-state index contributed by atoms with van der Waals surface area (Å²) in [6, 6.07) is 49.7. The van der Waals surface area contributed by atoms with Gasteiger partial charge < -0.3 is 19.1 Å². The summed E-state index contributed by atoms with van der Waals surface area (Å²) in [5.74, 6) is 0.959. The van der Waals surface area contributed by atoms with Crippen molar-refractivity contribution >= 4 is 77.6 Å². The second-order valence-corrected chi connectivity index (χ2v) is 12.2. The zero-order valence-electron chi connectivity index (χ0n) is 25.4. The fraction of sp³-hybridized carbons (Fsp3) is 0.0233. The molecule has 10 rings (SSSR count). The molecule has 4 heteroatoms. The molecule has 222 valence electrons. The lowest BCUT2D eigenvalue weighted by Gasteiger charge is -2.26. The van der Waals surface area contributed by atoms with Crippen molar-refractivity contribution < 1.29 is 8.83 Å². The maximum Gasteiger partial charge on any atom is 0.137 e. The second kappa shape index (κ2) is 10.1. The fourth-order valence-corrected chi connectivity index (χ4v) is 7.36. The molecule has 0 atom stereocenters. The number of hydrogen-bond donors (Lipinski definition) is 1. The number of nitrogens with zero attached hydrogens (tertiary/aromatic N) is 1. The highest BCUT2D eigenvalue weighted by atomic mass is 16.3. The van der Waals surface area contributed by atoms with Crippen LogP contribution in [0, 0.1) is 0 Å². The first-order valence-corrected chi connectivity index (χ1v) is 16.0. The molecule has 0 spiro atoms. The van der Waals surface area contributed by atoms with Crippen molar-refractivity contribution in [3.8, 4) is 11.1 Å². The molecule has 47 heavy (non-hydrogen) atoms. The monoisotopic (exact) mass is 604 g/mol. The Bertz CT molecular complexity index is 2690. The summed E-state index contributed by atoms with van der Waals surface area (Å²) in [5.41, 5.74) is 9.34. The number of anilines is 3. The van der Waals surface area contributed by atoms with Crippen LogP contribution in [0.4, 0.5) is 17.1 Å². The Kier molecular flexibility index (Phi) is 5.60. The van der Waals surface area contributed by atoms with Crippen LogP contribution in [0.15, 0.2) is 155 Å². The van der Waals surface area contributed by atoms with Crippen molar-refractivity contribution in [3.63, 3.8) is 0 Å². The highest BCUT2D eigenvalue weighted by molar-refractivity contribution is 6.15. The number of furan rings is 2. The van der Waals surface area contributed by atoms with Gasteiger partial charge in [0.25, 0.3) is 0 Å². The van der Waals surface area contributed by atoms with Gasteiger partial charge in [0.1, 0.15) is 22.5 Å². The van der Waals surface area contributed by atoms with Crippen LogP contribution in [0.3, 0.4) is 0 Å². The van der Waals surface area contributed by atoms with Gasteiger partial charge in [-0.2, -0.15) is 0 Å². The number of fused-ring (bicyclic) bond motifs is 9. The number of hydrogen-bond acceptors (Lipinski definition) is 4. The lowest BCUT2D eigenvalue weighted by molar-refractivity contribution is 0.532. The minimum Gasteiger partial charge on any atom is -0.459 e. The fourth-order valence-electron chi connectivity index (χ4n) is 7.36. The van der Waals surface area contributed by atoms with Crippen LogP contribution >= 0.6 is 0 Å². The van der Waals surface area contributed by atoms with E-state index in [1.807, 2.05) is 18.3 Å². The highest BCUT2D eigenvalue weighted by Crippen LogP contribution is 2.45. The van der Waals surface area contributed by atoms with Crippen molar-refractivity contribution in [2.24, 2.45) is 0 Å². The molecular formula is C43H28N2O2. The lowest BCUT2D eigenvalue weighted by Crippen LogP contribution is -2.10. The van der Waals surface area contributed by atoms with Gasteiger partial charge in [0.2, 0.25) is 0 Å². The van der Waals surface area contributed by atoms with Crippen molar-refractivity contribution in [3.05, 3.63) is 157 Å². The Balaban J connectivity index is 1.19. The molecule has 9 aromatic rings. The summed E-state index contributed by atoms with van der Waals surface area (Å²) in [4.78, 5) is 2.34. The molecule has 0 saturated carbocycles. The van der Waals surface area contributed by atoms with E-state index < -0.39 is 0 Å². The number of para-hydroxylation sites is 1. The standard InChI is InChI=1S/C43H28N2O2/c1-2-9-31-28(8-1)24-36(33-11-4-3-10-32(31)33)27-16-18-29(19-17-27)45(30-20-21-40-37(25-30)34-22-23-44-26-42(34)47-40)38-13-7-15-41-43(38)35-12-5-6-14-39(35)46-41/h1-25,44H,26H2. The van der Waals surface area contributed by atoms with Crippen molar-refractivity contribution in [1.29, 1.82) is 0 Å². The third-order valence-electron chi connectivity index (χ3n) is 9.50.